The first kappa shape index (κ1) is 19.2. The topological polar surface area (TPSA) is 69.6 Å². The van der Waals surface area contributed by atoms with E-state index in [4.69, 9.17) is 23.7 Å². The molecule has 7 nitrogen and oxygen atoms in total. The standard InChI is InChI=1S/C19H29NO6/c1-19(2,3)26-11-14(21)9-20-6-7-22-16(10-20)12-23-15-4-5-17-18(8-15)25-13-24-17/h4-5,8,14,16,21H,6-7,9-13H2,1-3H3. The van der Waals surface area contributed by atoms with Crippen LogP contribution in [-0.4, -0.2) is 74.1 Å². The third kappa shape index (κ3) is 5.74. The predicted molar refractivity (Wildman–Crippen MR) is 96.0 cm³/mol. The van der Waals surface area contributed by atoms with Crippen molar-refractivity contribution in [3.05, 3.63) is 18.2 Å². The van der Waals surface area contributed by atoms with Crippen molar-refractivity contribution in [2.24, 2.45) is 0 Å². The summed E-state index contributed by atoms with van der Waals surface area (Å²) in [5.74, 6) is 2.17. The fourth-order valence-electron chi connectivity index (χ4n) is 2.90. The Kier molecular flexibility index (Phi) is 6.24. The van der Waals surface area contributed by atoms with Gasteiger partial charge in [0.1, 0.15) is 18.5 Å². The monoisotopic (exact) mass is 367 g/mol. The first-order valence-corrected chi connectivity index (χ1v) is 9.07. The van der Waals surface area contributed by atoms with Crippen LogP contribution in [0.5, 0.6) is 17.2 Å². The Labute approximate surface area is 154 Å². The first-order chi connectivity index (χ1) is 12.4. The van der Waals surface area contributed by atoms with Crippen molar-refractivity contribution in [1.82, 2.24) is 4.90 Å². The summed E-state index contributed by atoms with van der Waals surface area (Å²) in [6, 6.07) is 5.54. The maximum Gasteiger partial charge on any atom is 0.231 e. The van der Waals surface area contributed by atoms with Crippen LogP contribution >= 0.6 is 0 Å². The van der Waals surface area contributed by atoms with Crippen molar-refractivity contribution in [3.8, 4) is 17.2 Å². The van der Waals surface area contributed by atoms with Gasteiger partial charge in [0.15, 0.2) is 11.5 Å². The number of morpholine rings is 1. The summed E-state index contributed by atoms with van der Waals surface area (Å²) in [6.45, 7) is 9.70. The average molecular weight is 367 g/mol. The normalized spacial score (nSPS) is 21.6. The number of β-amino-alcohol motifs (C(OH)–C–C–N with tert-alkyl or cyclic N) is 1. The Morgan fingerprint density at radius 2 is 2.08 bits per heavy atom. The molecule has 3 rings (SSSR count). The maximum absolute atomic E-state index is 10.2. The molecule has 1 fully saturated rings. The van der Waals surface area contributed by atoms with E-state index in [0.717, 1.165) is 24.6 Å². The molecular weight excluding hydrogens is 338 g/mol. The summed E-state index contributed by atoms with van der Waals surface area (Å²) in [5, 5.41) is 10.2. The summed E-state index contributed by atoms with van der Waals surface area (Å²) in [6.07, 6.45) is -0.548. The van der Waals surface area contributed by atoms with Crippen LogP contribution in [0.2, 0.25) is 0 Å². The smallest absolute Gasteiger partial charge is 0.231 e. The largest absolute Gasteiger partial charge is 0.491 e. The van der Waals surface area contributed by atoms with Crippen LogP contribution in [0, 0.1) is 0 Å². The molecule has 26 heavy (non-hydrogen) atoms. The molecule has 7 heteroatoms. The third-order valence-electron chi connectivity index (χ3n) is 4.18. The van der Waals surface area contributed by atoms with Crippen molar-refractivity contribution in [2.75, 3.05) is 46.2 Å². The van der Waals surface area contributed by atoms with Crippen LogP contribution in [0.15, 0.2) is 18.2 Å². The highest BCUT2D eigenvalue weighted by Crippen LogP contribution is 2.35. The molecule has 2 unspecified atom stereocenters. The number of aliphatic hydroxyl groups excluding tert-OH is 1. The van der Waals surface area contributed by atoms with Gasteiger partial charge in [0.05, 0.1) is 24.9 Å². The molecule has 0 amide bonds. The predicted octanol–water partition coefficient (Wildman–Crippen LogP) is 1.67. The van der Waals surface area contributed by atoms with E-state index < -0.39 is 6.10 Å². The zero-order valence-electron chi connectivity index (χ0n) is 15.8. The van der Waals surface area contributed by atoms with E-state index in [2.05, 4.69) is 4.90 Å². The minimum absolute atomic E-state index is 0.0371. The van der Waals surface area contributed by atoms with Crippen molar-refractivity contribution in [2.45, 2.75) is 38.6 Å². The molecule has 2 heterocycles. The van der Waals surface area contributed by atoms with E-state index in [1.807, 2.05) is 39.0 Å². The Morgan fingerprint density at radius 3 is 2.88 bits per heavy atom. The summed E-state index contributed by atoms with van der Waals surface area (Å²) in [7, 11) is 0. The summed E-state index contributed by atoms with van der Waals surface area (Å²) in [4.78, 5) is 2.19. The van der Waals surface area contributed by atoms with Crippen LogP contribution < -0.4 is 14.2 Å². The molecule has 0 saturated carbocycles. The lowest BCUT2D eigenvalue weighted by Crippen LogP contribution is -2.48. The molecule has 0 aromatic heterocycles. The van der Waals surface area contributed by atoms with E-state index in [1.54, 1.807) is 0 Å². The molecule has 2 aliphatic rings. The highest BCUT2D eigenvalue weighted by atomic mass is 16.7. The zero-order valence-corrected chi connectivity index (χ0v) is 15.8. The minimum Gasteiger partial charge on any atom is -0.491 e. The number of benzene rings is 1. The van der Waals surface area contributed by atoms with Crippen LogP contribution in [0.25, 0.3) is 0 Å². The van der Waals surface area contributed by atoms with Gasteiger partial charge < -0.3 is 28.8 Å². The summed E-state index contributed by atoms with van der Waals surface area (Å²) >= 11 is 0. The zero-order chi connectivity index (χ0) is 18.6. The number of rotatable bonds is 7. The van der Waals surface area contributed by atoms with Crippen molar-refractivity contribution in [3.63, 3.8) is 0 Å². The van der Waals surface area contributed by atoms with Gasteiger partial charge >= 0.3 is 0 Å². The number of aliphatic hydroxyl groups is 1. The molecular formula is C19H29NO6. The quantitative estimate of drug-likeness (QED) is 0.786. The number of ether oxygens (including phenoxy) is 5. The van der Waals surface area contributed by atoms with Crippen molar-refractivity contribution >= 4 is 0 Å². The van der Waals surface area contributed by atoms with Crippen LogP contribution in [0.3, 0.4) is 0 Å². The Balaban J connectivity index is 1.42. The van der Waals surface area contributed by atoms with Gasteiger partial charge in [-0.1, -0.05) is 0 Å². The Hall–Kier alpha value is -1.54. The van der Waals surface area contributed by atoms with Gasteiger partial charge in [0, 0.05) is 25.7 Å². The molecule has 1 aromatic carbocycles. The van der Waals surface area contributed by atoms with Crippen molar-refractivity contribution in [1.29, 1.82) is 0 Å². The van der Waals surface area contributed by atoms with Gasteiger partial charge in [0.2, 0.25) is 6.79 Å². The van der Waals surface area contributed by atoms with Crippen LogP contribution in [0.4, 0.5) is 0 Å². The first-order valence-electron chi connectivity index (χ1n) is 9.07. The second-order valence-electron chi connectivity index (χ2n) is 7.66. The molecule has 2 atom stereocenters. The molecule has 2 aliphatic heterocycles. The Morgan fingerprint density at radius 1 is 1.27 bits per heavy atom. The second-order valence-corrected chi connectivity index (χ2v) is 7.66. The highest BCUT2D eigenvalue weighted by Gasteiger charge is 2.24. The maximum atomic E-state index is 10.2. The van der Waals surface area contributed by atoms with Gasteiger partial charge in [-0.3, -0.25) is 4.90 Å². The number of hydrogen-bond donors (Lipinski definition) is 1. The van der Waals surface area contributed by atoms with Crippen LogP contribution in [0.1, 0.15) is 20.8 Å². The van der Waals surface area contributed by atoms with Gasteiger partial charge in [0.25, 0.3) is 0 Å². The van der Waals surface area contributed by atoms with Gasteiger partial charge in [-0.25, -0.2) is 0 Å². The number of hydrogen-bond acceptors (Lipinski definition) is 7. The molecule has 1 N–H and O–H groups in total. The fourth-order valence-corrected chi connectivity index (χ4v) is 2.90. The molecule has 0 bridgehead atoms. The molecule has 146 valence electrons. The van der Waals surface area contributed by atoms with Crippen LogP contribution in [-0.2, 0) is 9.47 Å². The number of nitrogens with zero attached hydrogens (tertiary/aromatic N) is 1. The number of fused-ring (bicyclic) bond motifs is 1. The van der Waals surface area contributed by atoms with Gasteiger partial charge in [-0.15, -0.1) is 0 Å². The SMILES string of the molecule is CC(C)(C)OCC(O)CN1CCOC(COc2ccc3c(c2)OCO3)C1. The van der Waals surface area contributed by atoms with E-state index in [0.29, 0.717) is 32.1 Å². The lowest BCUT2D eigenvalue weighted by atomic mass is 10.2. The van der Waals surface area contributed by atoms with Gasteiger partial charge in [-0.2, -0.15) is 0 Å². The van der Waals surface area contributed by atoms with E-state index in [1.165, 1.54) is 0 Å². The molecule has 0 spiro atoms. The second kappa shape index (κ2) is 8.43. The highest BCUT2D eigenvalue weighted by molar-refractivity contribution is 5.46. The lowest BCUT2D eigenvalue weighted by molar-refractivity contribution is -0.0812. The van der Waals surface area contributed by atoms with E-state index in [9.17, 15) is 5.11 Å². The minimum atomic E-state index is -0.511. The van der Waals surface area contributed by atoms with E-state index in [-0.39, 0.29) is 18.5 Å². The molecule has 1 saturated heterocycles. The third-order valence-corrected chi connectivity index (χ3v) is 4.18. The van der Waals surface area contributed by atoms with Crippen molar-refractivity contribution < 1.29 is 28.8 Å². The fraction of sp³-hybridized carbons (Fsp3) is 0.684. The van der Waals surface area contributed by atoms with Gasteiger partial charge in [-0.05, 0) is 32.9 Å². The average Bonchev–Trinajstić information content (AvgIpc) is 3.06. The summed E-state index contributed by atoms with van der Waals surface area (Å²) < 4.78 is 27.9. The molecule has 0 aliphatic carbocycles. The summed E-state index contributed by atoms with van der Waals surface area (Å²) in [5.41, 5.74) is -0.243. The molecule has 1 aromatic rings. The molecule has 0 radical (unpaired) electrons. The lowest BCUT2D eigenvalue weighted by Gasteiger charge is -2.34. The Bertz CT molecular complexity index is 588. The van der Waals surface area contributed by atoms with E-state index >= 15 is 0 Å².